The van der Waals surface area contributed by atoms with Crippen LogP contribution in [-0.4, -0.2) is 5.11 Å². The molecule has 5 rings (SSSR count). The second kappa shape index (κ2) is 4.87. The maximum Gasteiger partial charge on any atom is 0.216 e. The molecule has 0 amide bonds. The van der Waals surface area contributed by atoms with E-state index in [0.29, 0.717) is 0 Å². The maximum absolute atomic E-state index is 11.3. The molecule has 3 aromatic heterocycles. The average Bonchev–Trinajstić information content (AvgIpc) is 2.64. The minimum atomic E-state index is -0.594. The molecule has 0 fully saturated rings. The molecule has 0 spiro atoms. The Labute approximate surface area is 146 Å². The zero-order valence-corrected chi connectivity index (χ0v) is 14.3. The summed E-state index contributed by atoms with van der Waals surface area (Å²) < 4.78 is 4.18. The lowest BCUT2D eigenvalue weighted by atomic mass is 9.64. The van der Waals surface area contributed by atoms with Crippen molar-refractivity contribution in [3.05, 3.63) is 89.5 Å². The van der Waals surface area contributed by atoms with Gasteiger partial charge < -0.3 is 5.11 Å². The number of fused-ring (bicyclic) bond motifs is 5. The Balaban J connectivity index is 1.86. The Kier molecular flexibility index (Phi) is 2.83. The molecule has 3 aromatic rings. The first-order valence-corrected chi connectivity index (χ1v) is 8.62. The Morgan fingerprint density at radius 2 is 1.88 bits per heavy atom. The van der Waals surface area contributed by atoms with Gasteiger partial charge in [-0.2, -0.15) is 8.97 Å². The molecule has 3 heteroatoms. The lowest BCUT2D eigenvalue weighted by Crippen LogP contribution is -2.48. The molecule has 122 valence electrons. The number of hydrogen-bond acceptors (Lipinski definition) is 1. The van der Waals surface area contributed by atoms with Crippen molar-refractivity contribution < 1.29 is 14.1 Å². The number of allylic oxidation sites excluding steroid dienone is 2. The topological polar surface area (TPSA) is 28.2 Å². The number of pyridine rings is 3. The molecule has 3 nitrogen and oxygen atoms in total. The van der Waals surface area contributed by atoms with Crippen LogP contribution in [0, 0.1) is 0 Å². The summed E-state index contributed by atoms with van der Waals surface area (Å²) in [6.07, 6.45) is 10.0. The third-order valence-electron chi connectivity index (χ3n) is 5.76. The summed E-state index contributed by atoms with van der Waals surface area (Å²) in [7, 11) is 0. The van der Waals surface area contributed by atoms with Crippen molar-refractivity contribution in [3.63, 3.8) is 0 Å². The minimum absolute atomic E-state index is 0.458. The third-order valence-corrected chi connectivity index (χ3v) is 5.76. The van der Waals surface area contributed by atoms with E-state index in [-0.39, 0.29) is 0 Å². The van der Waals surface area contributed by atoms with E-state index >= 15 is 0 Å². The van der Waals surface area contributed by atoms with Gasteiger partial charge in [0.2, 0.25) is 11.2 Å². The van der Waals surface area contributed by atoms with Crippen molar-refractivity contribution in [2.45, 2.75) is 25.4 Å². The van der Waals surface area contributed by atoms with Crippen LogP contribution in [-0.2, 0) is 5.41 Å². The van der Waals surface area contributed by atoms with Crippen LogP contribution in [0.15, 0.2) is 72.7 Å². The Hall–Kier alpha value is -2.78. The molecule has 1 aliphatic carbocycles. The highest BCUT2D eigenvalue weighted by Gasteiger charge is 2.50. The van der Waals surface area contributed by atoms with Crippen LogP contribution in [0.4, 0.5) is 0 Å². The molecular weight excluding hydrogens is 308 g/mol. The van der Waals surface area contributed by atoms with Crippen LogP contribution in [0.3, 0.4) is 0 Å². The van der Waals surface area contributed by atoms with Crippen LogP contribution in [0.2, 0.25) is 0 Å². The van der Waals surface area contributed by atoms with E-state index in [1.165, 1.54) is 16.7 Å². The first kappa shape index (κ1) is 14.6. The zero-order valence-electron chi connectivity index (χ0n) is 14.3. The van der Waals surface area contributed by atoms with Gasteiger partial charge in [0, 0.05) is 41.5 Å². The van der Waals surface area contributed by atoms with Crippen molar-refractivity contribution in [2.24, 2.45) is 0 Å². The fraction of sp³-hybridized carbons (Fsp3) is 0.182. The Morgan fingerprint density at radius 3 is 2.76 bits per heavy atom. The normalized spacial score (nSPS) is 24.0. The number of nitrogens with zero attached hydrogens (tertiary/aromatic N) is 2. The van der Waals surface area contributed by atoms with E-state index in [0.717, 1.165) is 16.8 Å². The van der Waals surface area contributed by atoms with Gasteiger partial charge in [0.15, 0.2) is 30.9 Å². The van der Waals surface area contributed by atoms with Crippen molar-refractivity contribution in [2.75, 3.05) is 0 Å². The number of aliphatic hydroxyl groups excluding tert-OH is 1. The van der Waals surface area contributed by atoms with Gasteiger partial charge in [0.1, 0.15) is 0 Å². The van der Waals surface area contributed by atoms with Crippen molar-refractivity contribution >= 4 is 17.3 Å². The quantitative estimate of drug-likeness (QED) is 0.632. The SMILES string of the molecule is CC1=CC2=C[n+]3ccccc3[C@H](O)[C@]2(C)c2cc3cccc[n+]3cc21. The highest BCUT2D eigenvalue weighted by atomic mass is 16.3. The predicted molar refractivity (Wildman–Crippen MR) is 96.5 cm³/mol. The van der Waals surface area contributed by atoms with Crippen LogP contribution in [0.25, 0.3) is 17.3 Å². The smallest absolute Gasteiger partial charge is 0.216 e. The molecule has 2 atom stereocenters. The van der Waals surface area contributed by atoms with Gasteiger partial charge >= 0.3 is 0 Å². The van der Waals surface area contributed by atoms with E-state index in [9.17, 15) is 5.11 Å². The fourth-order valence-electron chi connectivity index (χ4n) is 4.24. The highest BCUT2D eigenvalue weighted by Crippen LogP contribution is 2.50. The molecule has 4 heterocycles. The Morgan fingerprint density at radius 1 is 1.08 bits per heavy atom. The van der Waals surface area contributed by atoms with E-state index in [1.807, 2.05) is 35.0 Å². The molecule has 0 bridgehead atoms. The van der Waals surface area contributed by atoms with Crippen LogP contribution >= 0.6 is 0 Å². The van der Waals surface area contributed by atoms with Crippen molar-refractivity contribution in [3.8, 4) is 0 Å². The second-order valence-electron chi connectivity index (χ2n) is 7.18. The summed E-state index contributed by atoms with van der Waals surface area (Å²) >= 11 is 0. The standard InChI is InChI=1S/C22H20N2O/c1-15-11-16-13-24-10-6-4-8-20(24)21(25)22(16,2)19-12-17-7-3-5-9-23(17)14-18(15)19/h3-14,21,25H,1-2H3/q+2/t21-,22-/m0/s1. The van der Waals surface area contributed by atoms with Crippen molar-refractivity contribution in [1.82, 2.24) is 0 Å². The van der Waals surface area contributed by atoms with Gasteiger partial charge in [-0.05, 0) is 43.2 Å². The molecule has 0 unspecified atom stereocenters. The number of rotatable bonds is 0. The fourth-order valence-corrected chi connectivity index (χ4v) is 4.24. The lowest BCUT2D eigenvalue weighted by Gasteiger charge is -2.39. The molecular formula is C22H20N2O+2. The second-order valence-corrected chi connectivity index (χ2v) is 7.18. The molecule has 2 aliphatic rings. The van der Waals surface area contributed by atoms with E-state index < -0.39 is 11.5 Å². The molecule has 0 saturated heterocycles. The monoisotopic (exact) mass is 328 g/mol. The zero-order chi connectivity index (χ0) is 17.2. The van der Waals surface area contributed by atoms with Crippen molar-refractivity contribution in [1.29, 1.82) is 0 Å². The van der Waals surface area contributed by atoms with Gasteiger partial charge in [-0.1, -0.05) is 0 Å². The summed E-state index contributed by atoms with van der Waals surface area (Å²) in [5.74, 6) is 0. The van der Waals surface area contributed by atoms with Crippen LogP contribution in [0.5, 0.6) is 0 Å². The molecule has 0 aromatic carbocycles. The summed E-state index contributed by atoms with van der Waals surface area (Å²) in [4.78, 5) is 0. The number of aromatic nitrogens is 2. The van der Waals surface area contributed by atoms with Crippen LogP contribution in [0.1, 0.15) is 36.8 Å². The highest BCUT2D eigenvalue weighted by molar-refractivity contribution is 5.78. The van der Waals surface area contributed by atoms with E-state index in [4.69, 9.17) is 0 Å². The average molecular weight is 328 g/mol. The molecule has 25 heavy (non-hydrogen) atoms. The lowest BCUT2D eigenvalue weighted by molar-refractivity contribution is -0.587. The van der Waals surface area contributed by atoms with Crippen LogP contribution < -0.4 is 8.97 Å². The largest absolute Gasteiger partial charge is 0.381 e. The molecule has 0 radical (unpaired) electrons. The van der Waals surface area contributed by atoms with Gasteiger partial charge in [-0.3, -0.25) is 0 Å². The van der Waals surface area contributed by atoms with Gasteiger partial charge in [-0.25, -0.2) is 0 Å². The predicted octanol–water partition coefficient (Wildman–Crippen LogP) is 2.98. The minimum Gasteiger partial charge on any atom is -0.381 e. The summed E-state index contributed by atoms with van der Waals surface area (Å²) in [6.45, 7) is 4.30. The molecule has 1 N–H and O–H groups in total. The number of aliphatic hydroxyl groups is 1. The number of hydrogen-bond donors (Lipinski definition) is 1. The first-order chi connectivity index (χ1) is 12.1. The summed E-state index contributed by atoms with van der Waals surface area (Å²) in [5, 5.41) is 11.3. The van der Waals surface area contributed by atoms with E-state index in [1.54, 1.807) is 0 Å². The summed E-state index contributed by atoms with van der Waals surface area (Å²) in [6, 6.07) is 14.4. The molecule has 0 saturated carbocycles. The van der Waals surface area contributed by atoms with E-state index in [2.05, 4.69) is 61.1 Å². The molecule has 1 aliphatic heterocycles. The van der Waals surface area contributed by atoms with Gasteiger partial charge in [-0.15, -0.1) is 0 Å². The van der Waals surface area contributed by atoms with Gasteiger partial charge in [0.05, 0.1) is 5.41 Å². The third kappa shape index (κ3) is 1.84. The maximum atomic E-state index is 11.3. The summed E-state index contributed by atoms with van der Waals surface area (Å²) in [5.41, 5.74) is 6.36. The Bertz CT molecular complexity index is 1100. The first-order valence-electron chi connectivity index (χ1n) is 8.62. The van der Waals surface area contributed by atoms with Gasteiger partial charge in [0.25, 0.3) is 0 Å².